The maximum Gasteiger partial charge on any atom is 0.269 e. The minimum Gasteiger partial charge on any atom is -0.387 e. The van der Waals surface area contributed by atoms with Gasteiger partial charge in [0.05, 0.1) is 11.4 Å². The van der Waals surface area contributed by atoms with Crippen LogP contribution in [0, 0.1) is 6.92 Å². The fraction of sp³-hybridized carbons (Fsp3) is 0.556. The van der Waals surface area contributed by atoms with Crippen LogP contribution in [0.3, 0.4) is 0 Å². The van der Waals surface area contributed by atoms with E-state index < -0.39 is 15.6 Å². The molecule has 2 aliphatic heterocycles. The van der Waals surface area contributed by atoms with Gasteiger partial charge in [-0.1, -0.05) is 22.9 Å². The highest BCUT2D eigenvalue weighted by molar-refractivity contribution is 7.89. The lowest BCUT2D eigenvalue weighted by Crippen LogP contribution is -2.44. The number of carbonyl (C=O) groups excluding carboxylic acids is 1. The average molecular weight is 377 g/mol. The smallest absolute Gasteiger partial charge is 0.269 e. The maximum atomic E-state index is 12.8. The van der Waals surface area contributed by atoms with Crippen molar-refractivity contribution in [2.75, 3.05) is 13.1 Å². The number of amides is 1. The van der Waals surface area contributed by atoms with E-state index in [2.05, 4.69) is 10.5 Å². The van der Waals surface area contributed by atoms with E-state index in [-0.39, 0.29) is 23.4 Å². The number of sulfonamides is 1. The SMILES string of the molecule is Cc1ccc(S(=O)(=O)N2CC[C@]3(CC(C(=O)NC4CCC4)=NO3)C2)cc1. The first-order valence-electron chi connectivity index (χ1n) is 9.01. The predicted octanol–water partition coefficient (Wildman–Crippen LogP) is 1.57. The first-order chi connectivity index (χ1) is 12.4. The molecule has 26 heavy (non-hydrogen) atoms. The Morgan fingerprint density at radius 3 is 2.69 bits per heavy atom. The number of benzene rings is 1. The molecule has 1 saturated carbocycles. The summed E-state index contributed by atoms with van der Waals surface area (Å²) in [6, 6.07) is 7.06. The number of nitrogens with zero attached hydrogens (tertiary/aromatic N) is 2. The van der Waals surface area contributed by atoms with Crippen molar-refractivity contribution in [2.24, 2.45) is 5.16 Å². The molecule has 1 N–H and O–H groups in total. The molecule has 2 heterocycles. The van der Waals surface area contributed by atoms with Gasteiger partial charge in [-0.2, -0.15) is 4.31 Å². The quantitative estimate of drug-likeness (QED) is 0.863. The summed E-state index contributed by atoms with van der Waals surface area (Å²) in [7, 11) is -3.57. The van der Waals surface area contributed by atoms with Crippen molar-refractivity contribution in [2.45, 2.75) is 55.6 Å². The molecule has 1 amide bonds. The lowest BCUT2D eigenvalue weighted by atomic mass is 9.92. The van der Waals surface area contributed by atoms with E-state index in [0.29, 0.717) is 25.1 Å². The lowest BCUT2D eigenvalue weighted by molar-refractivity contribution is -0.116. The molecule has 3 aliphatic rings. The highest BCUT2D eigenvalue weighted by Crippen LogP contribution is 2.36. The number of oxime groups is 1. The second-order valence-electron chi connectivity index (χ2n) is 7.49. The second-order valence-corrected chi connectivity index (χ2v) is 9.43. The Kier molecular flexibility index (Phi) is 4.27. The number of carbonyl (C=O) groups is 1. The van der Waals surface area contributed by atoms with Crippen molar-refractivity contribution in [3.05, 3.63) is 29.8 Å². The van der Waals surface area contributed by atoms with E-state index in [4.69, 9.17) is 4.84 Å². The molecular formula is C18H23N3O4S. The summed E-state index contributed by atoms with van der Waals surface area (Å²) in [5.74, 6) is -0.189. The molecular weight excluding hydrogens is 354 g/mol. The molecule has 2 fully saturated rings. The minimum atomic E-state index is -3.57. The zero-order chi connectivity index (χ0) is 18.4. The summed E-state index contributed by atoms with van der Waals surface area (Å²) < 4.78 is 27.1. The van der Waals surface area contributed by atoms with Gasteiger partial charge in [0.2, 0.25) is 10.0 Å². The Balaban J connectivity index is 1.42. The summed E-state index contributed by atoms with van der Waals surface area (Å²) in [5.41, 5.74) is 0.660. The Bertz CT molecular complexity index is 846. The second kappa shape index (κ2) is 6.35. The summed E-state index contributed by atoms with van der Waals surface area (Å²) in [4.78, 5) is 18.1. The van der Waals surface area contributed by atoms with E-state index in [0.717, 1.165) is 24.8 Å². The molecule has 1 saturated heterocycles. The van der Waals surface area contributed by atoms with Crippen molar-refractivity contribution in [1.82, 2.24) is 9.62 Å². The summed E-state index contributed by atoms with van der Waals surface area (Å²) in [5, 5.41) is 6.92. The molecule has 140 valence electrons. The van der Waals surface area contributed by atoms with Gasteiger partial charge >= 0.3 is 0 Å². The first-order valence-corrected chi connectivity index (χ1v) is 10.4. The molecule has 4 rings (SSSR count). The van der Waals surface area contributed by atoms with Gasteiger partial charge in [-0.3, -0.25) is 4.79 Å². The lowest BCUT2D eigenvalue weighted by Gasteiger charge is -2.26. The van der Waals surface area contributed by atoms with Crippen LogP contribution in [0.25, 0.3) is 0 Å². The Labute approximate surface area is 153 Å². The van der Waals surface area contributed by atoms with Crippen LogP contribution in [0.15, 0.2) is 34.3 Å². The monoisotopic (exact) mass is 377 g/mol. The molecule has 8 heteroatoms. The van der Waals surface area contributed by atoms with Crippen LogP contribution in [0.5, 0.6) is 0 Å². The van der Waals surface area contributed by atoms with Gasteiger partial charge in [0, 0.05) is 25.4 Å². The van der Waals surface area contributed by atoms with Crippen molar-refractivity contribution < 1.29 is 18.0 Å². The Hall–Kier alpha value is -1.93. The molecule has 1 spiro atoms. The van der Waals surface area contributed by atoms with Crippen molar-refractivity contribution in [3.63, 3.8) is 0 Å². The van der Waals surface area contributed by atoms with Crippen LogP contribution in [0.2, 0.25) is 0 Å². The van der Waals surface area contributed by atoms with Gasteiger partial charge < -0.3 is 10.2 Å². The van der Waals surface area contributed by atoms with E-state index >= 15 is 0 Å². The minimum absolute atomic E-state index is 0.189. The number of hydrogen-bond acceptors (Lipinski definition) is 5. The van der Waals surface area contributed by atoms with Gasteiger partial charge in [0.15, 0.2) is 5.60 Å². The Morgan fingerprint density at radius 1 is 1.31 bits per heavy atom. The molecule has 0 aromatic heterocycles. The fourth-order valence-electron chi connectivity index (χ4n) is 3.56. The van der Waals surface area contributed by atoms with Crippen LogP contribution in [-0.4, -0.2) is 49.1 Å². The third-order valence-corrected chi connectivity index (χ3v) is 7.34. The standard InChI is InChI=1S/C18H23N3O4S/c1-13-5-7-15(8-6-13)26(23,24)21-10-9-18(12-21)11-16(20-25-18)17(22)19-14-3-2-4-14/h5-8,14H,2-4,9-12H2,1H3,(H,19,22)/t18-/m0/s1. The van der Waals surface area contributed by atoms with Crippen molar-refractivity contribution in [3.8, 4) is 0 Å². The topological polar surface area (TPSA) is 88.1 Å². The summed E-state index contributed by atoms with van der Waals surface area (Å²) >= 11 is 0. The largest absolute Gasteiger partial charge is 0.387 e. The van der Waals surface area contributed by atoms with Gasteiger partial charge in [0.25, 0.3) is 5.91 Å². The van der Waals surface area contributed by atoms with Gasteiger partial charge in [-0.15, -0.1) is 0 Å². The molecule has 0 unspecified atom stereocenters. The zero-order valence-corrected chi connectivity index (χ0v) is 15.6. The van der Waals surface area contributed by atoms with E-state index in [1.165, 1.54) is 4.31 Å². The van der Waals surface area contributed by atoms with Gasteiger partial charge in [-0.05, 0) is 38.3 Å². The van der Waals surface area contributed by atoms with Crippen molar-refractivity contribution >= 4 is 21.6 Å². The summed E-state index contributed by atoms with van der Waals surface area (Å²) in [6.07, 6.45) is 4.04. The van der Waals surface area contributed by atoms with Crippen LogP contribution in [0.4, 0.5) is 0 Å². The third-order valence-electron chi connectivity index (χ3n) is 5.48. The van der Waals surface area contributed by atoms with Crippen LogP contribution >= 0.6 is 0 Å². The average Bonchev–Trinajstić information content (AvgIpc) is 3.19. The number of nitrogens with one attached hydrogen (secondary N) is 1. The highest BCUT2D eigenvalue weighted by Gasteiger charge is 2.50. The molecule has 1 atom stereocenters. The number of rotatable bonds is 4. The molecule has 0 bridgehead atoms. The van der Waals surface area contributed by atoms with E-state index in [1.54, 1.807) is 24.3 Å². The van der Waals surface area contributed by atoms with Crippen LogP contribution in [0.1, 0.15) is 37.7 Å². The molecule has 1 aromatic carbocycles. The highest BCUT2D eigenvalue weighted by atomic mass is 32.2. The van der Waals surface area contributed by atoms with E-state index in [9.17, 15) is 13.2 Å². The Morgan fingerprint density at radius 2 is 2.04 bits per heavy atom. The normalized spacial score (nSPS) is 26.4. The van der Waals surface area contributed by atoms with Gasteiger partial charge in [0.1, 0.15) is 5.71 Å². The van der Waals surface area contributed by atoms with Crippen molar-refractivity contribution in [1.29, 1.82) is 0 Å². The zero-order valence-electron chi connectivity index (χ0n) is 14.8. The third kappa shape index (κ3) is 3.12. The van der Waals surface area contributed by atoms with Crippen LogP contribution in [-0.2, 0) is 19.7 Å². The molecule has 1 aliphatic carbocycles. The summed E-state index contributed by atoms with van der Waals surface area (Å²) in [6.45, 7) is 2.50. The molecule has 7 nitrogen and oxygen atoms in total. The predicted molar refractivity (Wildman–Crippen MR) is 96.2 cm³/mol. The number of aryl methyl sites for hydroxylation is 1. The fourth-order valence-corrected chi connectivity index (χ4v) is 5.07. The van der Waals surface area contributed by atoms with Gasteiger partial charge in [-0.25, -0.2) is 8.42 Å². The van der Waals surface area contributed by atoms with E-state index in [1.807, 2.05) is 6.92 Å². The van der Waals surface area contributed by atoms with Crippen LogP contribution < -0.4 is 5.32 Å². The molecule has 0 radical (unpaired) electrons. The first kappa shape index (κ1) is 17.5. The maximum absolute atomic E-state index is 12.8. The number of hydrogen-bond donors (Lipinski definition) is 1. The molecule has 1 aromatic rings.